The standard InChI is InChI=1S/C37H37N2O.BrH/c1-3-21-40-37(33-17-19-38-35-16-10-9-15-32(33)35)36-23-27-18-20-39(36,24-26(27)4-2)25-34-30-13-7-5-11-28(30)22-29-12-6-8-14-31(29)34;/h3-17,19,22,26-27,36-37H,1-2,18,20-21,23-25H2;1H/q+1;/p-1/t26-,27-,36-,37+,39-;/m0./s1. The molecular weight excluding hydrogens is 568 g/mol. The number of hydrogen-bond donors (Lipinski definition) is 0. The average molecular weight is 606 g/mol. The summed E-state index contributed by atoms with van der Waals surface area (Å²) in [6, 6.07) is 31.2. The van der Waals surface area contributed by atoms with Gasteiger partial charge in [-0.2, -0.15) is 0 Å². The highest BCUT2D eigenvalue weighted by atomic mass is 79.9. The number of piperidine rings is 3. The molecule has 3 fully saturated rings. The van der Waals surface area contributed by atoms with Gasteiger partial charge in [0.15, 0.2) is 0 Å². The molecule has 208 valence electrons. The monoisotopic (exact) mass is 604 g/mol. The summed E-state index contributed by atoms with van der Waals surface area (Å²) in [4.78, 5) is 4.68. The van der Waals surface area contributed by atoms with Crippen LogP contribution in [0.25, 0.3) is 32.4 Å². The minimum Gasteiger partial charge on any atom is -1.00 e. The van der Waals surface area contributed by atoms with Crippen LogP contribution in [0.3, 0.4) is 0 Å². The Morgan fingerprint density at radius 2 is 1.59 bits per heavy atom. The zero-order valence-electron chi connectivity index (χ0n) is 23.5. The van der Waals surface area contributed by atoms with Gasteiger partial charge in [0.05, 0.1) is 25.2 Å². The number of benzene rings is 4. The Bertz CT molecular complexity index is 1670. The fourth-order valence-electron chi connectivity index (χ4n) is 7.90. The molecule has 4 aromatic carbocycles. The number of halogens is 1. The number of aromatic nitrogens is 1. The van der Waals surface area contributed by atoms with Gasteiger partial charge in [0.25, 0.3) is 0 Å². The third-order valence-electron chi connectivity index (χ3n) is 9.76. The number of quaternary nitrogens is 1. The van der Waals surface area contributed by atoms with Gasteiger partial charge >= 0.3 is 0 Å². The first-order valence-corrected chi connectivity index (χ1v) is 14.6. The van der Waals surface area contributed by atoms with E-state index in [1.165, 1.54) is 44.5 Å². The largest absolute Gasteiger partial charge is 1.00 e. The van der Waals surface area contributed by atoms with E-state index in [0.29, 0.717) is 24.5 Å². The van der Waals surface area contributed by atoms with E-state index in [9.17, 15) is 0 Å². The van der Waals surface area contributed by atoms with Gasteiger partial charge < -0.3 is 26.2 Å². The molecule has 3 saturated heterocycles. The zero-order chi connectivity index (χ0) is 27.1. The Hall–Kier alpha value is -3.31. The maximum Gasteiger partial charge on any atom is 0.135 e. The zero-order valence-corrected chi connectivity index (χ0v) is 25.0. The molecule has 5 atom stereocenters. The van der Waals surface area contributed by atoms with E-state index >= 15 is 0 Å². The van der Waals surface area contributed by atoms with Crippen LogP contribution in [-0.2, 0) is 11.3 Å². The number of para-hydroxylation sites is 1. The molecule has 3 aliphatic rings. The van der Waals surface area contributed by atoms with Crippen LogP contribution in [0.5, 0.6) is 0 Å². The van der Waals surface area contributed by atoms with Crippen molar-refractivity contribution in [2.45, 2.75) is 31.5 Å². The second-order valence-electron chi connectivity index (χ2n) is 11.8. The van der Waals surface area contributed by atoms with Crippen LogP contribution in [0, 0.1) is 11.8 Å². The summed E-state index contributed by atoms with van der Waals surface area (Å²) in [5.41, 5.74) is 3.74. The first-order chi connectivity index (χ1) is 19.7. The molecule has 0 N–H and O–H groups in total. The molecule has 0 unspecified atom stereocenters. The Morgan fingerprint density at radius 3 is 2.29 bits per heavy atom. The molecule has 3 nitrogen and oxygen atoms in total. The first kappa shape index (κ1) is 27.8. The molecule has 0 spiro atoms. The van der Waals surface area contributed by atoms with E-state index in [1.807, 2.05) is 12.3 Å². The Labute approximate surface area is 253 Å². The molecule has 4 heterocycles. The van der Waals surface area contributed by atoms with E-state index in [4.69, 9.17) is 4.74 Å². The van der Waals surface area contributed by atoms with Crippen LogP contribution in [0.1, 0.15) is 30.1 Å². The molecule has 2 bridgehead atoms. The Kier molecular flexibility index (Phi) is 7.82. The molecule has 3 aliphatic heterocycles. The molecule has 8 rings (SSSR count). The van der Waals surface area contributed by atoms with Crippen molar-refractivity contribution in [2.75, 3.05) is 19.7 Å². The molecule has 0 saturated carbocycles. The van der Waals surface area contributed by atoms with Crippen molar-refractivity contribution in [1.29, 1.82) is 0 Å². The molecule has 1 aromatic heterocycles. The van der Waals surface area contributed by atoms with Gasteiger partial charge in [-0.1, -0.05) is 78.9 Å². The van der Waals surface area contributed by atoms with Gasteiger partial charge in [0.2, 0.25) is 0 Å². The lowest BCUT2D eigenvalue weighted by atomic mass is 9.70. The van der Waals surface area contributed by atoms with Gasteiger partial charge in [0, 0.05) is 35.9 Å². The van der Waals surface area contributed by atoms with Crippen molar-refractivity contribution in [3.63, 3.8) is 0 Å². The van der Waals surface area contributed by atoms with E-state index in [0.717, 1.165) is 36.1 Å². The number of fused-ring (bicyclic) bond motifs is 6. The summed E-state index contributed by atoms with van der Waals surface area (Å²) >= 11 is 0. The van der Waals surface area contributed by atoms with Crippen molar-refractivity contribution < 1.29 is 26.2 Å². The van der Waals surface area contributed by atoms with Crippen LogP contribution in [0.2, 0.25) is 0 Å². The number of pyridine rings is 1. The fraction of sp³-hybridized carbons (Fsp3) is 0.270. The van der Waals surface area contributed by atoms with Crippen LogP contribution in [0.4, 0.5) is 0 Å². The Balaban J connectivity index is 0.00000302. The third kappa shape index (κ3) is 4.82. The van der Waals surface area contributed by atoms with Crippen LogP contribution < -0.4 is 17.0 Å². The molecule has 4 heteroatoms. The van der Waals surface area contributed by atoms with Crippen molar-refractivity contribution >= 4 is 32.4 Å². The minimum absolute atomic E-state index is 0. The molecule has 41 heavy (non-hydrogen) atoms. The van der Waals surface area contributed by atoms with Crippen molar-refractivity contribution in [1.82, 2.24) is 4.98 Å². The summed E-state index contributed by atoms with van der Waals surface area (Å²) in [5, 5.41) is 6.56. The normalized spacial score (nSPS) is 24.2. The van der Waals surface area contributed by atoms with Crippen molar-refractivity contribution in [3.8, 4) is 0 Å². The van der Waals surface area contributed by atoms with E-state index in [-0.39, 0.29) is 23.1 Å². The quantitative estimate of drug-likeness (QED) is 0.134. The second kappa shape index (κ2) is 11.5. The van der Waals surface area contributed by atoms with E-state index in [2.05, 4.69) is 109 Å². The van der Waals surface area contributed by atoms with Gasteiger partial charge in [-0.05, 0) is 51.2 Å². The summed E-state index contributed by atoms with van der Waals surface area (Å²) < 4.78 is 7.81. The van der Waals surface area contributed by atoms with Gasteiger partial charge in [0.1, 0.15) is 18.7 Å². The smallest absolute Gasteiger partial charge is 0.135 e. The number of nitrogens with zero attached hydrogens (tertiary/aromatic N) is 2. The van der Waals surface area contributed by atoms with Crippen LogP contribution in [0.15, 0.2) is 116 Å². The topological polar surface area (TPSA) is 22.1 Å². The first-order valence-electron chi connectivity index (χ1n) is 14.6. The molecule has 5 aromatic rings. The summed E-state index contributed by atoms with van der Waals surface area (Å²) in [7, 11) is 0. The van der Waals surface area contributed by atoms with Gasteiger partial charge in [-0.25, -0.2) is 0 Å². The van der Waals surface area contributed by atoms with Crippen LogP contribution >= 0.6 is 0 Å². The third-order valence-corrected chi connectivity index (χ3v) is 9.76. The Morgan fingerprint density at radius 1 is 0.902 bits per heavy atom. The number of rotatable bonds is 8. The lowest BCUT2D eigenvalue weighted by Crippen LogP contribution is -3.00. The molecule has 0 radical (unpaired) electrons. The highest BCUT2D eigenvalue weighted by Gasteiger charge is 2.54. The predicted molar refractivity (Wildman–Crippen MR) is 166 cm³/mol. The number of hydrogen-bond acceptors (Lipinski definition) is 2. The lowest BCUT2D eigenvalue weighted by molar-refractivity contribution is -0.984. The minimum atomic E-state index is -0.0410. The summed E-state index contributed by atoms with van der Waals surface area (Å²) in [5.74, 6) is 1.18. The highest BCUT2D eigenvalue weighted by Crippen LogP contribution is 2.50. The number of ether oxygens (including phenoxy) is 1. The fourth-order valence-corrected chi connectivity index (χ4v) is 7.90. The molecule has 0 aliphatic carbocycles. The lowest BCUT2D eigenvalue weighted by Gasteiger charge is -2.58. The van der Waals surface area contributed by atoms with Crippen molar-refractivity contribution in [2.24, 2.45) is 11.8 Å². The maximum absolute atomic E-state index is 6.80. The van der Waals surface area contributed by atoms with E-state index in [1.54, 1.807) is 0 Å². The van der Waals surface area contributed by atoms with Gasteiger partial charge in [-0.3, -0.25) is 4.98 Å². The summed E-state index contributed by atoms with van der Waals surface area (Å²) in [6.07, 6.45) is 8.41. The average Bonchev–Trinajstić information content (AvgIpc) is 3.01. The SMILES string of the molecule is C=CCO[C@H](c1ccnc2ccccc12)[C@@H]1C[C@@H]2CC[N@@+]1(Cc1c3ccccc3cc3ccccc13)C[C@@H]2C=C.[Br-]. The predicted octanol–water partition coefficient (Wildman–Crippen LogP) is 5.40. The second-order valence-corrected chi connectivity index (χ2v) is 11.8. The molecular formula is C37H37BrN2O. The van der Waals surface area contributed by atoms with Crippen LogP contribution in [-0.4, -0.2) is 35.2 Å². The van der Waals surface area contributed by atoms with Crippen molar-refractivity contribution in [3.05, 3.63) is 128 Å². The van der Waals surface area contributed by atoms with E-state index < -0.39 is 0 Å². The van der Waals surface area contributed by atoms with Gasteiger partial charge in [-0.15, -0.1) is 13.2 Å². The summed E-state index contributed by atoms with van der Waals surface area (Å²) in [6.45, 7) is 12.1. The molecule has 0 amide bonds. The maximum atomic E-state index is 6.80. The highest BCUT2D eigenvalue weighted by molar-refractivity contribution is 6.02.